The number of amides is 1. The average Bonchev–Trinajstić information content (AvgIpc) is 2.66. The molecule has 0 aliphatic heterocycles. The minimum Gasteiger partial charge on any atom is -0.493 e. The van der Waals surface area contributed by atoms with E-state index in [9.17, 15) is 14.7 Å². The molecule has 0 saturated carbocycles. The summed E-state index contributed by atoms with van der Waals surface area (Å²) >= 11 is 5.88. The normalized spacial score (nSPS) is 11.5. The number of carboxylic acids is 1. The Bertz CT molecular complexity index is 828. The summed E-state index contributed by atoms with van der Waals surface area (Å²) in [5.74, 6) is -0.266. The number of benzene rings is 2. The van der Waals surface area contributed by atoms with E-state index in [-0.39, 0.29) is 6.42 Å². The van der Waals surface area contributed by atoms with Crippen molar-refractivity contribution in [2.75, 3.05) is 26.1 Å². The molecule has 1 unspecified atom stereocenters. The molecular weight excluding hydrogens is 384 g/mol. The molecule has 1 amide bonds. The van der Waals surface area contributed by atoms with E-state index in [1.165, 1.54) is 0 Å². The molecule has 0 fully saturated rings. The van der Waals surface area contributed by atoms with Crippen molar-refractivity contribution >= 4 is 29.2 Å². The number of methoxy groups -OCH3 is 2. The molecule has 0 saturated heterocycles. The Hall–Kier alpha value is -2.77. The van der Waals surface area contributed by atoms with Gasteiger partial charge in [0.2, 0.25) is 5.91 Å². The molecule has 0 bridgehead atoms. The molecule has 0 aromatic heterocycles. The van der Waals surface area contributed by atoms with E-state index in [1.54, 1.807) is 44.6 Å². The third-order valence-corrected chi connectivity index (χ3v) is 4.28. The maximum Gasteiger partial charge on any atom is 0.321 e. The van der Waals surface area contributed by atoms with Crippen LogP contribution in [-0.2, 0) is 16.0 Å². The largest absolute Gasteiger partial charge is 0.493 e. The lowest BCUT2D eigenvalue weighted by Gasteiger charge is -2.15. The molecule has 8 heteroatoms. The van der Waals surface area contributed by atoms with Gasteiger partial charge in [-0.2, -0.15) is 0 Å². The van der Waals surface area contributed by atoms with Crippen molar-refractivity contribution in [2.24, 2.45) is 0 Å². The average molecular weight is 407 g/mol. The van der Waals surface area contributed by atoms with Crippen LogP contribution in [0, 0.1) is 0 Å². The lowest BCUT2D eigenvalue weighted by atomic mass is 10.1. The number of carboxylic acid groups (broad SMARTS) is 1. The van der Waals surface area contributed by atoms with Crippen molar-refractivity contribution in [1.82, 2.24) is 5.32 Å². The summed E-state index contributed by atoms with van der Waals surface area (Å²) in [7, 11) is 3.11. The van der Waals surface area contributed by atoms with Gasteiger partial charge in [0, 0.05) is 10.7 Å². The summed E-state index contributed by atoms with van der Waals surface area (Å²) in [5.41, 5.74) is 1.48. The number of halogens is 1. The Morgan fingerprint density at radius 3 is 2.50 bits per heavy atom. The molecule has 2 aromatic carbocycles. The molecule has 1 atom stereocenters. The first-order valence-electron chi connectivity index (χ1n) is 8.65. The molecule has 28 heavy (non-hydrogen) atoms. The summed E-state index contributed by atoms with van der Waals surface area (Å²) in [6, 6.07) is 11.2. The van der Waals surface area contributed by atoms with Gasteiger partial charge in [-0.25, -0.2) is 0 Å². The van der Waals surface area contributed by atoms with Crippen LogP contribution in [-0.4, -0.2) is 43.8 Å². The van der Waals surface area contributed by atoms with Gasteiger partial charge >= 0.3 is 5.97 Å². The Kier molecular flexibility index (Phi) is 8.10. The van der Waals surface area contributed by atoms with Crippen molar-refractivity contribution < 1.29 is 24.2 Å². The predicted octanol–water partition coefficient (Wildman–Crippen LogP) is 2.97. The lowest BCUT2D eigenvalue weighted by molar-refractivity contribution is -0.141. The van der Waals surface area contributed by atoms with Crippen molar-refractivity contribution in [3.63, 3.8) is 0 Å². The predicted molar refractivity (Wildman–Crippen MR) is 107 cm³/mol. The van der Waals surface area contributed by atoms with Crippen LogP contribution in [0.1, 0.15) is 12.0 Å². The maximum atomic E-state index is 12.1. The fraction of sp³-hybridized carbons (Fsp3) is 0.300. The van der Waals surface area contributed by atoms with Crippen LogP contribution in [0.25, 0.3) is 0 Å². The zero-order chi connectivity index (χ0) is 20.5. The van der Waals surface area contributed by atoms with E-state index in [2.05, 4.69) is 10.6 Å². The third-order valence-electron chi connectivity index (χ3n) is 4.05. The number of hydrogen-bond donors (Lipinski definition) is 3. The van der Waals surface area contributed by atoms with Crippen molar-refractivity contribution in [1.29, 1.82) is 0 Å². The van der Waals surface area contributed by atoms with Gasteiger partial charge in [0.15, 0.2) is 11.5 Å². The van der Waals surface area contributed by atoms with Gasteiger partial charge in [-0.15, -0.1) is 0 Å². The number of ether oxygens (including phenoxy) is 2. The molecule has 3 N–H and O–H groups in total. The quantitative estimate of drug-likeness (QED) is 0.561. The fourth-order valence-electron chi connectivity index (χ4n) is 2.64. The van der Waals surface area contributed by atoms with Crippen molar-refractivity contribution in [3.8, 4) is 11.5 Å². The summed E-state index contributed by atoms with van der Waals surface area (Å²) in [6.45, 7) is 0.386. The van der Waals surface area contributed by atoms with Crippen LogP contribution in [0.15, 0.2) is 42.5 Å². The van der Waals surface area contributed by atoms with Gasteiger partial charge in [0.1, 0.15) is 6.04 Å². The topological polar surface area (TPSA) is 96.9 Å². The fourth-order valence-corrected chi connectivity index (χ4v) is 2.83. The molecule has 0 aliphatic carbocycles. The first-order valence-corrected chi connectivity index (χ1v) is 9.03. The Labute approximate surface area is 168 Å². The van der Waals surface area contributed by atoms with Crippen molar-refractivity contribution in [2.45, 2.75) is 18.9 Å². The number of carbonyl (C=O) groups is 2. The molecule has 0 aliphatic rings. The van der Waals surface area contributed by atoms with E-state index in [4.69, 9.17) is 21.1 Å². The second-order valence-corrected chi connectivity index (χ2v) is 6.48. The number of anilines is 1. The van der Waals surface area contributed by atoms with E-state index < -0.39 is 17.9 Å². The number of nitrogens with one attached hydrogen (secondary N) is 2. The zero-order valence-corrected chi connectivity index (χ0v) is 16.5. The Morgan fingerprint density at radius 1 is 1.11 bits per heavy atom. The molecule has 2 rings (SSSR count). The highest BCUT2D eigenvalue weighted by Crippen LogP contribution is 2.27. The molecule has 0 spiro atoms. The van der Waals surface area contributed by atoms with Crippen LogP contribution >= 0.6 is 11.6 Å². The number of hydrogen-bond acceptors (Lipinski definition) is 5. The van der Waals surface area contributed by atoms with Gasteiger partial charge in [-0.05, 0) is 48.9 Å². The smallest absolute Gasteiger partial charge is 0.321 e. The van der Waals surface area contributed by atoms with Gasteiger partial charge < -0.3 is 25.2 Å². The van der Waals surface area contributed by atoms with Gasteiger partial charge in [-0.3, -0.25) is 9.59 Å². The lowest BCUT2D eigenvalue weighted by Crippen LogP contribution is -2.40. The highest BCUT2D eigenvalue weighted by Gasteiger charge is 2.20. The standard InChI is InChI=1S/C20H23ClN2O5/c1-27-17-7-6-13(10-18(17)28-2)8-9-22-16(20(25)26)12-19(24)23-15-5-3-4-14(21)11-15/h3-7,10-11,16,22H,8-9,12H2,1-2H3,(H,23,24)(H,25,26). The molecule has 7 nitrogen and oxygen atoms in total. The van der Waals surface area contributed by atoms with Crippen LogP contribution in [0.3, 0.4) is 0 Å². The van der Waals surface area contributed by atoms with E-state index in [0.717, 1.165) is 5.56 Å². The van der Waals surface area contributed by atoms with Crippen molar-refractivity contribution in [3.05, 3.63) is 53.1 Å². The van der Waals surface area contributed by atoms with E-state index in [0.29, 0.717) is 35.2 Å². The summed E-state index contributed by atoms with van der Waals surface area (Å²) in [5, 5.41) is 15.4. The summed E-state index contributed by atoms with van der Waals surface area (Å²) < 4.78 is 10.5. The molecule has 0 heterocycles. The van der Waals surface area contributed by atoms with Crippen LogP contribution in [0.2, 0.25) is 5.02 Å². The van der Waals surface area contributed by atoms with Crippen LogP contribution in [0.5, 0.6) is 11.5 Å². The Balaban J connectivity index is 1.89. The Morgan fingerprint density at radius 2 is 1.86 bits per heavy atom. The summed E-state index contributed by atoms with van der Waals surface area (Å²) in [6.07, 6.45) is 0.369. The monoisotopic (exact) mass is 406 g/mol. The second kappa shape index (κ2) is 10.5. The molecule has 2 aromatic rings. The highest BCUT2D eigenvalue weighted by atomic mass is 35.5. The SMILES string of the molecule is COc1ccc(CCNC(CC(=O)Nc2cccc(Cl)c2)C(=O)O)cc1OC. The van der Waals surface area contributed by atoms with Gasteiger partial charge in [0.25, 0.3) is 0 Å². The van der Waals surface area contributed by atoms with Gasteiger partial charge in [0.05, 0.1) is 20.6 Å². The number of rotatable bonds is 10. The first-order chi connectivity index (χ1) is 13.4. The molecular formula is C20H23ClN2O5. The molecule has 150 valence electrons. The zero-order valence-electron chi connectivity index (χ0n) is 15.7. The highest BCUT2D eigenvalue weighted by molar-refractivity contribution is 6.30. The maximum absolute atomic E-state index is 12.1. The van der Waals surface area contributed by atoms with E-state index in [1.807, 2.05) is 12.1 Å². The third kappa shape index (κ3) is 6.44. The van der Waals surface area contributed by atoms with E-state index >= 15 is 0 Å². The minimum absolute atomic E-state index is 0.201. The minimum atomic E-state index is -1.09. The first kappa shape index (κ1) is 21.5. The number of carbonyl (C=O) groups excluding carboxylic acids is 1. The van der Waals surface area contributed by atoms with Crippen LogP contribution in [0.4, 0.5) is 5.69 Å². The number of aliphatic carboxylic acids is 1. The van der Waals surface area contributed by atoms with Gasteiger partial charge in [-0.1, -0.05) is 23.7 Å². The van der Waals surface area contributed by atoms with Crippen LogP contribution < -0.4 is 20.1 Å². The second-order valence-electron chi connectivity index (χ2n) is 6.05. The summed E-state index contributed by atoms with van der Waals surface area (Å²) in [4.78, 5) is 23.6. The molecule has 0 radical (unpaired) electrons.